The van der Waals surface area contributed by atoms with Gasteiger partial charge >= 0.3 is 0 Å². The molecule has 4 rings (SSSR count). The molecule has 4 saturated carbocycles. The summed E-state index contributed by atoms with van der Waals surface area (Å²) in [5, 5.41) is 0. The summed E-state index contributed by atoms with van der Waals surface area (Å²) in [6, 6.07) is 0. The van der Waals surface area contributed by atoms with E-state index in [-0.39, 0.29) is 28.5 Å². The van der Waals surface area contributed by atoms with Crippen LogP contribution in [-0.4, -0.2) is 48.5 Å². The number of ketones is 1. The fourth-order valence-corrected chi connectivity index (χ4v) is 13.8. The largest absolute Gasteiger partial charge is 0.415 e. The Balaban J connectivity index is 1.65. The molecule has 0 N–H and O–H groups in total. The van der Waals surface area contributed by atoms with Crippen molar-refractivity contribution in [1.29, 1.82) is 0 Å². The number of Topliss-reactive ketones (excluding diaryl/α,β-unsaturated/α-hetero) is 1. The Bertz CT molecular complexity index is 874. The number of hydrogen-bond donors (Lipinski definition) is 0. The van der Waals surface area contributed by atoms with E-state index in [0.717, 1.165) is 25.7 Å². The van der Waals surface area contributed by atoms with Crippen molar-refractivity contribution in [2.45, 2.75) is 149 Å². The molecule has 5 unspecified atom stereocenters. The van der Waals surface area contributed by atoms with Gasteiger partial charge in [-0.3, -0.25) is 4.79 Å². The van der Waals surface area contributed by atoms with E-state index in [2.05, 4.69) is 79.7 Å². The van der Waals surface area contributed by atoms with E-state index in [1.54, 1.807) is 0 Å². The Kier molecular flexibility index (Phi) is 7.86. The molecule has 214 valence electrons. The second kappa shape index (κ2) is 9.64. The van der Waals surface area contributed by atoms with Gasteiger partial charge in [0.15, 0.2) is 25.0 Å². The molecule has 0 aliphatic heterocycles. The van der Waals surface area contributed by atoms with Crippen LogP contribution in [0.2, 0.25) is 58.9 Å². The van der Waals surface area contributed by atoms with E-state index in [1.165, 1.54) is 19.3 Å². The summed E-state index contributed by atoms with van der Waals surface area (Å²) in [6.07, 6.45) is 9.18. The third-order valence-corrected chi connectivity index (χ3v) is 13.8. The molecule has 0 saturated heterocycles. The molecule has 0 radical (unpaired) electrons. The lowest BCUT2D eigenvalue weighted by Crippen LogP contribution is -2.65. The summed E-state index contributed by atoms with van der Waals surface area (Å²) in [6.45, 7) is 27.9. The lowest BCUT2D eigenvalue weighted by molar-refractivity contribution is -0.183. The quantitative estimate of drug-likeness (QED) is 0.291. The maximum atomic E-state index is 14.4. The third-order valence-electron chi connectivity index (χ3n) is 10.7. The van der Waals surface area contributed by atoms with Gasteiger partial charge < -0.3 is 13.3 Å². The minimum atomic E-state index is -1.88. The summed E-state index contributed by atoms with van der Waals surface area (Å²) >= 11 is 0. The zero-order chi connectivity index (χ0) is 27.8. The number of carbonyl (C=O) groups is 1. The maximum absolute atomic E-state index is 14.4. The normalized spacial score (nSPS) is 43.7. The molecule has 9 atom stereocenters. The monoisotopic (exact) mass is 566 g/mol. The maximum Gasteiger partial charge on any atom is 0.184 e. The Hall–Kier alpha value is 0.201. The Morgan fingerprint density at radius 2 is 1.49 bits per heavy atom. The van der Waals surface area contributed by atoms with Crippen molar-refractivity contribution in [2.75, 3.05) is 0 Å². The molecule has 0 heterocycles. The van der Waals surface area contributed by atoms with E-state index in [4.69, 9.17) is 13.3 Å². The molecule has 0 aromatic carbocycles. The van der Waals surface area contributed by atoms with Gasteiger partial charge in [-0.15, -0.1) is 0 Å². The Labute approximate surface area is 231 Å². The standard InChI is InChI=1S/C30H58O4Si3/c1-21(32-35(4,5)6)30(34-37(10,11)12)18-16-25-24-14-13-22-19-23(33-36(7,8)9)15-17-28(22,2)27(24)26(31)20-29(25,30)3/h21-25,27H,13-20H2,1-12H3/t21-,22?,23?,24?,25?,27?,28+,29+,30+/m1/s1. The molecule has 37 heavy (non-hydrogen) atoms. The molecule has 0 aromatic heterocycles. The molecule has 0 spiro atoms. The minimum Gasteiger partial charge on any atom is -0.415 e. The van der Waals surface area contributed by atoms with Crippen LogP contribution in [0.3, 0.4) is 0 Å². The fraction of sp³-hybridized carbons (Fsp3) is 0.967. The van der Waals surface area contributed by atoms with E-state index < -0.39 is 25.0 Å². The van der Waals surface area contributed by atoms with Gasteiger partial charge in [0.25, 0.3) is 0 Å². The first kappa shape index (κ1) is 30.2. The van der Waals surface area contributed by atoms with Gasteiger partial charge in [-0.2, -0.15) is 0 Å². The van der Waals surface area contributed by atoms with Crippen molar-refractivity contribution in [1.82, 2.24) is 0 Å². The second-order valence-electron chi connectivity index (χ2n) is 16.7. The van der Waals surface area contributed by atoms with Gasteiger partial charge in [0.05, 0.1) is 11.7 Å². The van der Waals surface area contributed by atoms with Crippen LogP contribution in [0, 0.1) is 34.5 Å². The molecule has 4 aliphatic rings. The summed E-state index contributed by atoms with van der Waals surface area (Å²) < 4.78 is 20.7. The van der Waals surface area contributed by atoms with Gasteiger partial charge in [0, 0.05) is 23.9 Å². The summed E-state index contributed by atoms with van der Waals surface area (Å²) in [5.74, 6) is 2.41. The zero-order valence-corrected chi connectivity index (χ0v) is 29.3. The predicted octanol–water partition coefficient (Wildman–Crippen LogP) is 8.26. The van der Waals surface area contributed by atoms with Crippen LogP contribution in [0.4, 0.5) is 0 Å². The lowest BCUT2D eigenvalue weighted by atomic mass is 9.44. The molecule has 4 fully saturated rings. The smallest absolute Gasteiger partial charge is 0.184 e. The van der Waals surface area contributed by atoms with Crippen molar-refractivity contribution < 1.29 is 18.1 Å². The van der Waals surface area contributed by atoms with Crippen LogP contribution in [0.5, 0.6) is 0 Å². The molecule has 4 nitrogen and oxygen atoms in total. The predicted molar refractivity (Wildman–Crippen MR) is 161 cm³/mol. The molecule has 0 bridgehead atoms. The van der Waals surface area contributed by atoms with E-state index in [1.807, 2.05) is 0 Å². The second-order valence-corrected chi connectivity index (χ2v) is 30.1. The highest BCUT2D eigenvalue weighted by Gasteiger charge is 2.70. The average molecular weight is 567 g/mol. The zero-order valence-electron chi connectivity index (χ0n) is 26.3. The van der Waals surface area contributed by atoms with Crippen LogP contribution < -0.4 is 0 Å². The first-order chi connectivity index (χ1) is 16.7. The van der Waals surface area contributed by atoms with Gasteiger partial charge in [-0.1, -0.05) is 13.8 Å². The highest BCUT2D eigenvalue weighted by molar-refractivity contribution is 6.70. The summed E-state index contributed by atoms with van der Waals surface area (Å²) in [4.78, 5) is 14.4. The molecular weight excluding hydrogens is 509 g/mol. The van der Waals surface area contributed by atoms with Crippen LogP contribution in [0.15, 0.2) is 0 Å². The number of fused-ring (bicyclic) bond motifs is 5. The first-order valence-corrected chi connectivity index (χ1v) is 25.5. The van der Waals surface area contributed by atoms with Gasteiger partial charge in [0.2, 0.25) is 0 Å². The minimum absolute atomic E-state index is 0.0197. The van der Waals surface area contributed by atoms with Crippen molar-refractivity contribution >= 4 is 30.7 Å². The fourth-order valence-electron chi connectivity index (χ4n) is 9.75. The van der Waals surface area contributed by atoms with Gasteiger partial charge in [-0.25, -0.2) is 0 Å². The molecular formula is C30H58O4Si3. The van der Waals surface area contributed by atoms with Crippen molar-refractivity contribution in [3.63, 3.8) is 0 Å². The number of carbonyl (C=O) groups excluding carboxylic acids is 1. The summed E-state index contributed by atoms with van der Waals surface area (Å²) in [5.41, 5.74) is -0.373. The highest BCUT2D eigenvalue weighted by atomic mass is 28.4. The first-order valence-electron chi connectivity index (χ1n) is 15.3. The Morgan fingerprint density at radius 1 is 0.838 bits per heavy atom. The van der Waals surface area contributed by atoms with Crippen LogP contribution >= 0.6 is 0 Å². The van der Waals surface area contributed by atoms with Gasteiger partial charge in [0.1, 0.15) is 5.78 Å². The molecule has 0 amide bonds. The molecule has 4 aliphatic carbocycles. The third kappa shape index (κ3) is 5.57. The van der Waals surface area contributed by atoms with Gasteiger partial charge in [-0.05, 0) is 134 Å². The van der Waals surface area contributed by atoms with E-state index in [0.29, 0.717) is 36.1 Å². The lowest BCUT2D eigenvalue weighted by Gasteiger charge is -2.62. The van der Waals surface area contributed by atoms with Crippen LogP contribution in [-0.2, 0) is 18.1 Å². The van der Waals surface area contributed by atoms with Crippen molar-refractivity contribution in [2.24, 2.45) is 34.5 Å². The number of rotatable bonds is 7. The van der Waals surface area contributed by atoms with Crippen LogP contribution in [0.1, 0.15) is 72.1 Å². The SMILES string of the molecule is C[C@@H](O[Si](C)(C)C)[C@@]1(O[Si](C)(C)C)CCC2C3CCC4CC(O[Si](C)(C)C)CC[C@]4(C)C3C(=O)C[C@@]21C. The Morgan fingerprint density at radius 3 is 2.05 bits per heavy atom. The van der Waals surface area contributed by atoms with Crippen molar-refractivity contribution in [3.8, 4) is 0 Å². The van der Waals surface area contributed by atoms with E-state index in [9.17, 15) is 4.79 Å². The van der Waals surface area contributed by atoms with E-state index >= 15 is 0 Å². The van der Waals surface area contributed by atoms with Crippen molar-refractivity contribution in [3.05, 3.63) is 0 Å². The molecule has 7 heteroatoms. The topological polar surface area (TPSA) is 44.8 Å². The number of hydrogen-bond acceptors (Lipinski definition) is 4. The van der Waals surface area contributed by atoms with Crippen LogP contribution in [0.25, 0.3) is 0 Å². The highest BCUT2D eigenvalue weighted by Crippen LogP contribution is 2.69. The molecule has 0 aromatic rings. The average Bonchev–Trinajstić information content (AvgIpc) is 2.97. The summed E-state index contributed by atoms with van der Waals surface area (Å²) in [7, 11) is -5.20.